The van der Waals surface area contributed by atoms with Gasteiger partial charge in [0.25, 0.3) is 0 Å². The third-order valence-electron chi connectivity index (χ3n) is 14.8. The van der Waals surface area contributed by atoms with Gasteiger partial charge in [-0.05, 0) is 221 Å². The summed E-state index contributed by atoms with van der Waals surface area (Å²) in [5.74, 6) is 1.21. The molecule has 10 rings (SSSR count). The predicted molar refractivity (Wildman–Crippen MR) is 479 cm³/mol. The molecule has 584 valence electrons. The number of aliphatic hydroxyl groups excluding tert-OH is 2. The van der Waals surface area contributed by atoms with Crippen molar-refractivity contribution in [1.29, 1.82) is 5.41 Å². The maximum Gasteiger partial charge on any atom is 0.310 e. The number of fused-ring (bicyclic) bond motifs is 1. The Labute approximate surface area is 717 Å². The molecule has 0 aliphatic carbocycles. The molecule has 107 heavy (non-hydrogen) atoms. The van der Waals surface area contributed by atoms with Gasteiger partial charge in [0.05, 0.1) is 18.4 Å². The molecule has 2 aliphatic rings. The Morgan fingerprint density at radius 3 is 1.13 bits per heavy atom. The molecule has 2 heterocycles. The van der Waals surface area contributed by atoms with Gasteiger partial charge in [-0.25, -0.2) is 0 Å². The maximum absolute atomic E-state index is 12.3. The van der Waals surface area contributed by atoms with Crippen molar-refractivity contribution in [1.82, 2.24) is 0 Å². The van der Waals surface area contributed by atoms with Crippen LogP contribution in [0.3, 0.4) is 0 Å². The maximum atomic E-state index is 12.3. The van der Waals surface area contributed by atoms with Gasteiger partial charge >= 0.3 is 5.97 Å². The number of cyclic esters (lactones) is 1. The smallest absolute Gasteiger partial charge is 0.310 e. The number of aliphatic hydroxyl groups is 2. The van der Waals surface area contributed by atoms with E-state index < -0.39 is 0 Å². The largest absolute Gasteiger partial charge is 0.461 e. The highest BCUT2D eigenvalue weighted by atomic mass is 80.0. The Hall–Kier alpha value is -3.84. The number of Topliss-reactive ketones (excluding diaryl/α,β-unsaturated/α-hetero) is 3. The molecule has 0 unspecified atom stereocenters. The number of carbonyl (C=O) groups is 4. The molecule has 13 nitrogen and oxygen atoms in total. The third kappa shape index (κ3) is 52.2. The Bertz CT molecular complexity index is 3680. The van der Waals surface area contributed by atoms with Crippen molar-refractivity contribution in [2.24, 2.45) is 22.9 Å². The SMILES string of the molecule is Br.BrP(Br)Br.C1CCOC1.CCO.ClCCl.N=C(N)SCc1ccccc1CC(=O)CCCc1ccccc1Cl.NC(N)=S.NCCc1ccccc1Cl.O=C(CCCc1ccccc1Cl)Cc1ccccc1CBr.O=C(CCCc1ccccc1Cl)Cc1ccccc1CO.O=C1Cc2ccccc2CO1. The summed E-state index contributed by atoms with van der Waals surface area (Å²) in [7, 11) is 0. The minimum absolute atomic E-state index is 0. The number of alkyl halides is 3. The average molecular weight is 1960 g/mol. The molecule has 1 saturated heterocycles. The number of nitrogens with two attached hydrogens (primary N) is 4. The van der Waals surface area contributed by atoms with Gasteiger partial charge in [0.1, 0.15) is 28.0 Å². The summed E-state index contributed by atoms with van der Waals surface area (Å²) in [6.07, 6.45) is 11.8. The normalized spacial score (nSPS) is 11.0. The van der Waals surface area contributed by atoms with Crippen LogP contribution in [0.1, 0.15) is 125 Å². The van der Waals surface area contributed by atoms with Crippen molar-refractivity contribution in [3.05, 3.63) is 281 Å². The van der Waals surface area contributed by atoms with E-state index in [4.69, 9.17) is 101 Å². The molecule has 8 aromatic carbocycles. The van der Waals surface area contributed by atoms with Crippen LogP contribution in [0.2, 0.25) is 20.1 Å². The monoisotopic (exact) mass is 1960 g/mol. The van der Waals surface area contributed by atoms with Crippen molar-refractivity contribution in [2.75, 3.05) is 31.7 Å². The lowest BCUT2D eigenvalue weighted by Gasteiger charge is -2.14. The molecule has 0 bridgehead atoms. The Morgan fingerprint density at radius 2 is 0.813 bits per heavy atom. The molecular formula is C80H97Br5Cl6N5O8PS2. The molecule has 27 heteroatoms. The molecule has 11 N–H and O–H groups in total. The number of hydrogen-bond acceptors (Lipinski definition) is 12. The number of esters is 1. The zero-order valence-electron chi connectivity index (χ0n) is 59.8. The van der Waals surface area contributed by atoms with E-state index in [9.17, 15) is 24.3 Å². The van der Waals surface area contributed by atoms with Crippen LogP contribution in [-0.2, 0) is 104 Å². The van der Waals surface area contributed by atoms with Crippen molar-refractivity contribution in [3.63, 3.8) is 0 Å². The second-order valence-electron chi connectivity index (χ2n) is 22.8. The van der Waals surface area contributed by atoms with Crippen LogP contribution >= 0.6 is 177 Å². The van der Waals surface area contributed by atoms with E-state index in [1.54, 1.807) is 6.92 Å². The van der Waals surface area contributed by atoms with Crippen molar-refractivity contribution in [2.45, 2.75) is 134 Å². The molecule has 0 aromatic heterocycles. The van der Waals surface area contributed by atoms with E-state index >= 15 is 0 Å². The number of hydrogen-bond donors (Lipinski definition) is 7. The average Bonchev–Trinajstić information content (AvgIpc) is 1.22. The summed E-state index contributed by atoms with van der Waals surface area (Å²) >= 11 is 52.1. The molecule has 0 saturated carbocycles. The zero-order valence-corrected chi connectivity index (χ0v) is 74.9. The summed E-state index contributed by atoms with van der Waals surface area (Å²) in [5, 5.41) is 28.3. The first kappa shape index (κ1) is 103. The highest BCUT2D eigenvalue weighted by Gasteiger charge is 2.16. The topological polar surface area (TPSA) is 255 Å². The predicted octanol–water partition coefficient (Wildman–Crippen LogP) is 22.4. The van der Waals surface area contributed by atoms with Crippen LogP contribution in [0.4, 0.5) is 0 Å². The van der Waals surface area contributed by atoms with E-state index in [1.165, 1.54) is 30.2 Å². The summed E-state index contributed by atoms with van der Waals surface area (Å²) in [4.78, 5) is 47.2. The fraction of sp³-hybridized carbons (Fsp3) is 0.325. The first-order valence-electron chi connectivity index (χ1n) is 33.8. The number of halogens is 11. The standard InChI is InChI=1S/C19H21ClN2OS.C18H18BrClO.C18H19ClO2.C9H8O2.C8H10ClN.C4H8O.C2H6O.CH2Cl2.CH4N2S.Br3P.BrH/c20-18-11-4-3-6-14(18)9-5-10-17(23)12-15-7-1-2-8-16(15)13-24-19(21)22;19-13-16-8-2-1-7-15(16)12-17(21)10-5-9-14-6-3-4-11-18(14)20;19-18-11-4-3-6-14(18)9-5-10-17(21)12-15-7-1-2-8-16(15)13-20;10-9-5-7-3-1-2-4-8(7)6-11-9;9-8-4-2-1-3-7(8)5-6-10;1-2-4-5-3-1;1-2-3;2-1-3;2-1(3)4;1-4(2)3;/h1-4,6-8,11H,5,9-10,12-13H2,(H3,21,22);1-4,6-8,11H,5,9-10,12-13H2;1-4,6-8,11,20H,5,9-10,12-13H2;1-4H,5-6H2;1-4H,5-6,10H2;1-4H2;3H,2H2,1H3;1H2;(H4,2,3,4);;1H. The highest BCUT2D eigenvalue weighted by Crippen LogP contribution is 2.59. The number of nitrogens with one attached hydrogen (secondary N) is 1. The van der Waals surface area contributed by atoms with Gasteiger partial charge in [-0.2, -0.15) is 0 Å². The van der Waals surface area contributed by atoms with Crippen LogP contribution < -0.4 is 22.9 Å². The van der Waals surface area contributed by atoms with E-state index in [0.717, 1.165) is 145 Å². The van der Waals surface area contributed by atoms with Crippen molar-refractivity contribution >= 4 is 211 Å². The molecular weight excluding hydrogens is 1870 g/mol. The second-order valence-corrected chi connectivity index (χ2v) is 42.6. The lowest BCUT2D eigenvalue weighted by atomic mass is 9.99. The van der Waals surface area contributed by atoms with Gasteiger partial charge in [0.2, 0.25) is 0 Å². The molecule has 0 radical (unpaired) electrons. The van der Waals surface area contributed by atoms with Crippen molar-refractivity contribution < 1.29 is 38.9 Å². The van der Waals surface area contributed by atoms with Crippen LogP contribution in [0.5, 0.6) is 0 Å². The van der Waals surface area contributed by atoms with Gasteiger partial charge < -0.3 is 42.6 Å². The molecule has 2 aliphatic heterocycles. The van der Waals surface area contributed by atoms with Crippen molar-refractivity contribution in [3.8, 4) is 0 Å². The van der Waals surface area contributed by atoms with E-state index in [0.29, 0.717) is 63.9 Å². The fourth-order valence-corrected chi connectivity index (χ4v) is 11.9. The number of amidine groups is 1. The molecule has 8 aromatic rings. The van der Waals surface area contributed by atoms with Gasteiger partial charge in [-0.1, -0.05) is 244 Å². The minimum Gasteiger partial charge on any atom is -0.461 e. The lowest BCUT2D eigenvalue weighted by molar-refractivity contribution is -0.145. The lowest BCUT2D eigenvalue weighted by Crippen LogP contribution is -2.18. The van der Waals surface area contributed by atoms with E-state index in [-0.39, 0.29) is 73.2 Å². The summed E-state index contributed by atoms with van der Waals surface area (Å²) < 4.78 is 9.63. The minimum atomic E-state index is -0.183. The summed E-state index contributed by atoms with van der Waals surface area (Å²) in [6.45, 7) is 5.00. The van der Waals surface area contributed by atoms with E-state index in [1.807, 2.05) is 188 Å². The van der Waals surface area contributed by atoms with Crippen LogP contribution in [0.15, 0.2) is 194 Å². The number of aryl methyl sites for hydroxylation is 3. The number of ether oxygens (including phenoxy) is 2. The van der Waals surface area contributed by atoms with Gasteiger partial charge in [-0.15, -0.1) is 40.2 Å². The summed E-state index contributed by atoms with van der Waals surface area (Å²) in [6, 6.07) is 62.4. The third-order valence-corrected chi connectivity index (χ3v) is 17.7. The number of rotatable bonds is 24. The van der Waals surface area contributed by atoms with Gasteiger partial charge in [0, 0.05) is 89.5 Å². The van der Waals surface area contributed by atoms with Gasteiger partial charge in [-0.3, -0.25) is 24.6 Å². The Balaban J connectivity index is 0.00000126. The quantitative estimate of drug-likeness (QED) is 0.00742. The number of thiocarbonyl (C=S) groups is 1. The first-order valence-corrected chi connectivity index (χ1v) is 46.3. The second kappa shape index (κ2) is 66.7. The zero-order chi connectivity index (χ0) is 78.7. The first-order chi connectivity index (χ1) is 51.0. The molecule has 0 spiro atoms. The van der Waals surface area contributed by atoms with E-state index in [2.05, 4.69) is 92.1 Å². The van der Waals surface area contributed by atoms with Crippen LogP contribution in [0.25, 0.3) is 0 Å². The van der Waals surface area contributed by atoms with Gasteiger partial charge in [0.15, 0.2) is 10.3 Å². The Morgan fingerprint density at radius 1 is 0.523 bits per heavy atom. The number of ketones is 3. The van der Waals surface area contributed by atoms with Crippen LogP contribution in [-0.4, -0.2) is 75.5 Å². The molecule has 1 fully saturated rings. The van der Waals surface area contributed by atoms with Crippen LogP contribution in [0, 0.1) is 5.41 Å². The number of benzene rings is 8. The summed E-state index contributed by atoms with van der Waals surface area (Å²) in [5.41, 5.74) is 32.8. The number of thioether (sulfide) groups is 1. The molecule has 0 amide bonds. The number of carbonyl (C=O) groups excluding carboxylic acids is 4. The highest BCUT2D eigenvalue weighted by molar-refractivity contribution is 9.93. The Kier molecular flexibility index (Phi) is 64.3. The molecule has 0 atom stereocenters. The fourth-order valence-electron chi connectivity index (χ4n) is 9.81.